The molecule has 2 rings (SSSR count). The molecule has 8 heteroatoms. The predicted octanol–water partition coefficient (Wildman–Crippen LogP) is 2.46. The van der Waals surface area contributed by atoms with Gasteiger partial charge in [-0.15, -0.1) is 0 Å². The van der Waals surface area contributed by atoms with Gasteiger partial charge in [0.2, 0.25) is 0 Å². The molecule has 0 radical (unpaired) electrons. The molecule has 0 amide bonds. The fourth-order valence-corrected chi connectivity index (χ4v) is 3.38. The van der Waals surface area contributed by atoms with Gasteiger partial charge in [-0.25, -0.2) is 4.83 Å². The van der Waals surface area contributed by atoms with Crippen LogP contribution in [0.1, 0.15) is 23.9 Å². The minimum atomic E-state index is -3.72. The summed E-state index contributed by atoms with van der Waals surface area (Å²) in [6, 6.07) is 8.16. The van der Waals surface area contributed by atoms with E-state index >= 15 is 0 Å². The van der Waals surface area contributed by atoms with Crippen molar-refractivity contribution in [1.29, 1.82) is 0 Å². The first kappa shape index (κ1) is 20.0. The van der Waals surface area contributed by atoms with Crippen molar-refractivity contribution < 1.29 is 17.9 Å². The Labute approximate surface area is 154 Å². The lowest BCUT2D eigenvalue weighted by Gasteiger charge is -2.08. The van der Waals surface area contributed by atoms with Gasteiger partial charge >= 0.3 is 0 Å². The summed E-state index contributed by atoms with van der Waals surface area (Å²) in [7, 11) is -2.06. The maximum Gasteiger partial charge on any atom is 0.276 e. The van der Waals surface area contributed by atoms with Crippen LogP contribution in [-0.4, -0.2) is 39.5 Å². The van der Waals surface area contributed by atoms with E-state index in [9.17, 15) is 8.42 Å². The Morgan fingerprint density at radius 2 is 1.92 bits per heavy atom. The molecule has 0 aliphatic carbocycles. The van der Waals surface area contributed by atoms with E-state index in [1.165, 1.54) is 18.3 Å². The van der Waals surface area contributed by atoms with Gasteiger partial charge in [-0.3, -0.25) is 0 Å². The molecule has 0 atom stereocenters. The summed E-state index contributed by atoms with van der Waals surface area (Å²) >= 11 is 0. The molecular weight excluding hydrogens is 354 g/mol. The van der Waals surface area contributed by atoms with Crippen molar-refractivity contribution in [1.82, 2.24) is 9.40 Å². The molecule has 0 saturated heterocycles. The van der Waals surface area contributed by atoms with Crippen molar-refractivity contribution in [3.63, 3.8) is 0 Å². The lowest BCUT2D eigenvalue weighted by atomic mass is 10.3. The molecule has 26 heavy (non-hydrogen) atoms. The van der Waals surface area contributed by atoms with Crippen LogP contribution < -0.4 is 9.57 Å². The second-order valence-electron chi connectivity index (χ2n) is 5.73. The van der Waals surface area contributed by atoms with Gasteiger partial charge in [-0.2, -0.15) is 13.5 Å². The van der Waals surface area contributed by atoms with Gasteiger partial charge in [0.1, 0.15) is 5.75 Å². The first-order valence-electron chi connectivity index (χ1n) is 8.32. The second kappa shape index (κ2) is 8.86. The van der Waals surface area contributed by atoms with E-state index in [-0.39, 0.29) is 4.90 Å². The fraction of sp³-hybridized carbons (Fsp3) is 0.389. The topological polar surface area (TPSA) is 81.9 Å². The van der Waals surface area contributed by atoms with E-state index in [1.807, 2.05) is 26.8 Å². The van der Waals surface area contributed by atoms with Crippen LogP contribution in [0.2, 0.25) is 0 Å². The Bertz CT molecular complexity index is 855. The number of ether oxygens (including phenoxy) is 2. The highest BCUT2D eigenvalue weighted by Crippen LogP contribution is 2.16. The van der Waals surface area contributed by atoms with E-state index in [2.05, 4.69) is 14.5 Å². The number of sulfonamides is 1. The molecule has 0 unspecified atom stereocenters. The molecule has 1 heterocycles. The van der Waals surface area contributed by atoms with Crippen molar-refractivity contribution in [3.8, 4) is 5.75 Å². The lowest BCUT2D eigenvalue weighted by Crippen LogP contribution is -2.18. The van der Waals surface area contributed by atoms with E-state index < -0.39 is 10.0 Å². The van der Waals surface area contributed by atoms with E-state index in [1.54, 1.807) is 19.2 Å². The third-order valence-electron chi connectivity index (χ3n) is 3.95. The average molecular weight is 379 g/mol. The highest BCUT2D eigenvalue weighted by molar-refractivity contribution is 7.89. The molecule has 0 aliphatic heterocycles. The first-order chi connectivity index (χ1) is 12.4. The Kier molecular flexibility index (Phi) is 6.82. The van der Waals surface area contributed by atoms with Crippen molar-refractivity contribution in [2.24, 2.45) is 5.10 Å². The van der Waals surface area contributed by atoms with Crippen LogP contribution in [0.3, 0.4) is 0 Å². The highest BCUT2D eigenvalue weighted by Gasteiger charge is 2.13. The lowest BCUT2D eigenvalue weighted by molar-refractivity contribution is 0.186. The normalized spacial score (nSPS) is 11.8. The number of rotatable bonds is 9. The monoisotopic (exact) mass is 379 g/mol. The largest absolute Gasteiger partial charge is 0.494 e. The number of aryl methyl sites for hydroxylation is 1. The van der Waals surface area contributed by atoms with Crippen LogP contribution >= 0.6 is 0 Å². The Hall–Kier alpha value is -2.32. The van der Waals surface area contributed by atoms with Crippen LogP contribution in [0.4, 0.5) is 0 Å². The molecule has 142 valence electrons. The van der Waals surface area contributed by atoms with Crippen molar-refractivity contribution >= 4 is 16.2 Å². The number of nitrogens with zero attached hydrogens (tertiary/aromatic N) is 2. The predicted molar refractivity (Wildman–Crippen MR) is 101 cm³/mol. The first-order valence-corrected chi connectivity index (χ1v) is 9.80. The molecule has 7 nitrogen and oxygen atoms in total. The maximum absolute atomic E-state index is 12.3. The number of methoxy groups -OCH3 is 1. The molecular formula is C18H25N3O4S. The molecule has 0 bridgehead atoms. The summed E-state index contributed by atoms with van der Waals surface area (Å²) in [5, 5.41) is 3.91. The number of aromatic nitrogens is 1. The number of hydrazone groups is 1. The van der Waals surface area contributed by atoms with Gasteiger partial charge in [-0.05, 0) is 51.1 Å². The number of benzene rings is 1. The van der Waals surface area contributed by atoms with E-state index in [4.69, 9.17) is 9.47 Å². The Morgan fingerprint density at radius 1 is 1.23 bits per heavy atom. The maximum atomic E-state index is 12.3. The third-order valence-corrected chi connectivity index (χ3v) is 5.19. The van der Waals surface area contributed by atoms with E-state index in [0.29, 0.717) is 19.0 Å². The summed E-state index contributed by atoms with van der Waals surface area (Å²) in [5.41, 5.74) is 2.92. The molecule has 0 saturated carbocycles. The number of hydrogen-bond donors (Lipinski definition) is 1. The zero-order valence-electron chi connectivity index (χ0n) is 15.5. The Morgan fingerprint density at radius 3 is 2.54 bits per heavy atom. The van der Waals surface area contributed by atoms with Gasteiger partial charge < -0.3 is 14.0 Å². The molecule has 0 aliphatic rings. The van der Waals surface area contributed by atoms with Crippen LogP contribution in [-0.2, 0) is 21.3 Å². The summed E-state index contributed by atoms with van der Waals surface area (Å²) in [5.74, 6) is 0.624. The van der Waals surface area contributed by atoms with Gasteiger partial charge in [-0.1, -0.05) is 0 Å². The summed E-state index contributed by atoms with van der Waals surface area (Å²) in [6.45, 7) is 7.69. The molecule has 0 spiro atoms. The minimum Gasteiger partial charge on any atom is -0.494 e. The summed E-state index contributed by atoms with van der Waals surface area (Å²) in [4.78, 5) is 2.37. The zero-order valence-corrected chi connectivity index (χ0v) is 16.3. The summed E-state index contributed by atoms with van der Waals surface area (Å²) in [6.07, 6.45) is 1.51. The smallest absolute Gasteiger partial charge is 0.276 e. The van der Waals surface area contributed by atoms with Crippen molar-refractivity contribution in [3.05, 3.63) is 47.3 Å². The van der Waals surface area contributed by atoms with Gasteiger partial charge in [0, 0.05) is 30.6 Å². The van der Waals surface area contributed by atoms with Gasteiger partial charge in [0.05, 0.1) is 24.3 Å². The van der Waals surface area contributed by atoms with Gasteiger partial charge in [0.25, 0.3) is 10.0 Å². The highest BCUT2D eigenvalue weighted by atomic mass is 32.2. The minimum absolute atomic E-state index is 0.128. The summed E-state index contributed by atoms with van der Waals surface area (Å²) < 4.78 is 37.1. The van der Waals surface area contributed by atoms with Crippen LogP contribution in [0, 0.1) is 13.8 Å². The fourth-order valence-electron chi connectivity index (χ4n) is 2.58. The molecule has 2 aromatic rings. The van der Waals surface area contributed by atoms with Crippen molar-refractivity contribution in [2.45, 2.75) is 32.2 Å². The molecule has 1 aromatic carbocycles. The Balaban J connectivity index is 2.09. The number of nitrogens with one attached hydrogen (secondary N) is 1. The van der Waals surface area contributed by atoms with Crippen LogP contribution in [0.15, 0.2) is 40.3 Å². The van der Waals surface area contributed by atoms with Crippen LogP contribution in [0.5, 0.6) is 5.75 Å². The van der Waals surface area contributed by atoms with E-state index in [0.717, 1.165) is 23.5 Å². The molecule has 1 aromatic heterocycles. The number of hydrogen-bond acceptors (Lipinski definition) is 5. The quantitative estimate of drug-likeness (QED) is 0.536. The molecule has 1 N–H and O–H groups in total. The standard InChI is InChI=1S/C18H25N3O4S/c1-5-25-17-6-8-18(9-7-17)26(22,23)20-19-13-16-12-14(2)21(15(16)3)10-11-24-4/h6-9,12-13,20H,5,10-11H2,1-4H3. The van der Waals surface area contributed by atoms with Crippen molar-refractivity contribution in [2.75, 3.05) is 20.3 Å². The third kappa shape index (κ3) is 4.86. The average Bonchev–Trinajstić information content (AvgIpc) is 2.87. The second-order valence-corrected chi connectivity index (χ2v) is 7.39. The zero-order chi connectivity index (χ0) is 19.2. The SMILES string of the molecule is CCOc1ccc(S(=O)(=O)NN=Cc2cc(C)n(CCOC)c2C)cc1. The van der Waals surface area contributed by atoms with Crippen LogP contribution in [0.25, 0.3) is 0 Å². The molecule has 0 fully saturated rings. The van der Waals surface area contributed by atoms with Gasteiger partial charge in [0.15, 0.2) is 0 Å².